The molecule has 0 bridgehead atoms. The van der Waals surface area contributed by atoms with Crippen LogP contribution in [0.25, 0.3) is 0 Å². The van der Waals surface area contributed by atoms with Crippen molar-refractivity contribution < 1.29 is 4.79 Å². The third-order valence-electron chi connectivity index (χ3n) is 12.6. The van der Waals surface area contributed by atoms with Crippen LogP contribution in [0.1, 0.15) is 222 Å². The van der Waals surface area contributed by atoms with Crippen molar-refractivity contribution in [2.24, 2.45) is 10.8 Å². The zero-order chi connectivity index (χ0) is 36.7. The number of hydrogen-bond acceptors (Lipinski definition) is 1. The molecule has 0 saturated heterocycles. The topological polar surface area (TPSA) is 17.1 Å². The lowest BCUT2D eigenvalue weighted by Crippen LogP contribution is -2.42. The minimum atomic E-state index is -0.435. The van der Waals surface area contributed by atoms with Gasteiger partial charge in [0.1, 0.15) is 0 Å². The highest BCUT2D eigenvalue weighted by Crippen LogP contribution is 2.46. The molecule has 50 heavy (non-hydrogen) atoms. The maximum Gasteiger partial charge on any atom is 0.152 e. The van der Waals surface area contributed by atoms with Gasteiger partial charge >= 0.3 is 0 Å². The molecule has 2 aliphatic carbocycles. The van der Waals surface area contributed by atoms with Gasteiger partial charge in [0.05, 0.1) is 0 Å². The van der Waals surface area contributed by atoms with Crippen molar-refractivity contribution in [1.82, 2.24) is 0 Å². The van der Waals surface area contributed by atoms with Gasteiger partial charge < -0.3 is 0 Å². The van der Waals surface area contributed by atoms with Crippen LogP contribution in [0.2, 0.25) is 0 Å². The Morgan fingerprint density at radius 1 is 0.400 bits per heavy atom. The molecule has 1 nitrogen and oxygen atoms in total. The SMILES string of the molecule is C/C1=C/C/C=C(/C)C(C)(C(=O)C2(C)CCCCCCCCCC/C(C)=C\CC/C(C)=C\C/C=C\2C)CCCCCCCCCC/C(C)=C\CC1. The van der Waals surface area contributed by atoms with E-state index in [4.69, 9.17) is 0 Å². The monoisotopic (exact) mass is 687 g/mol. The summed E-state index contributed by atoms with van der Waals surface area (Å²) in [6.07, 6.45) is 46.3. The second kappa shape index (κ2) is 25.1. The Morgan fingerprint density at radius 2 is 0.700 bits per heavy atom. The zero-order valence-corrected chi connectivity index (χ0v) is 34.8. The molecule has 0 aromatic rings. The molecule has 0 amide bonds. The Hall–Kier alpha value is -1.89. The first-order valence-electron chi connectivity index (χ1n) is 21.5. The Morgan fingerprint density at radius 3 is 1.06 bits per heavy atom. The summed E-state index contributed by atoms with van der Waals surface area (Å²) in [5, 5.41) is 0. The highest BCUT2D eigenvalue weighted by atomic mass is 16.1. The molecule has 2 unspecified atom stereocenters. The number of carbonyl (C=O) groups is 1. The molecule has 0 saturated carbocycles. The quantitative estimate of drug-likeness (QED) is 0.264. The van der Waals surface area contributed by atoms with Gasteiger partial charge in [0.25, 0.3) is 0 Å². The van der Waals surface area contributed by atoms with Gasteiger partial charge in [-0.1, -0.05) is 160 Å². The fourth-order valence-electron chi connectivity index (χ4n) is 8.30. The maximum absolute atomic E-state index is 15.3. The molecule has 2 rings (SSSR count). The Bertz CT molecular complexity index is 1080. The number of carbonyl (C=O) groups excluding carboxylic acids is 1. The van der Waals surface area contributed by atoms with Gasteiger partial charge in [0.2, 0.25) is 0 Å². The number of hydrogen-bond donors (Lipinski definition) is 0. The summed E-state index contributed by atoms with van der Waals surface area (Å²) in [5.41, 5.74) is 7.77. The standard InChI is InChI=1S/C49H82O/c1-41-29-21-17-13-9-11-15-19-23-39-48(7,45(5)37-27-35-43(3)33-25-31-41)47(50)49(8)40-24-20-16-12-10-14-18-22-30-42(2)32-26-34-44(4)36-28-38-46(49)6/h31-32,35-38H,9-30,33-34,39-40H2,1-8H3/b41-31-,42-32-,43-35-,44-36-,45-37-,46-38-. The fourth-order valence-corrected chi connectivity index (χ4v) is 8.30. The van der Waals surface area contributed by atoms with Crippen molar-refractivity contribution in [1.29, 1.82) is 0 Å². The average molecular weight is 687 g/mol. The summed E-state index contributed by atoms with van der Waals surface area (Å²) < 4.78 is 0. The number of ketones is 1. The molecular formula is C49H82O. The largest absolute Gasteiger partial charge is 0.298 e. The van der Waals surface area contributed by atoms with Gasteiger partial charge in [-0.15, -0.1) is 0 Å². The Balaban J connectivity index is 2.37. The summed E-state index contributed by atoms with van der Waals surface area (Å²) in [4.78, 5) is 15.3. The van der Waals surface area contributed by atoms with E-state index in [0.717, 1.165) is 64.2 Å². The molecular weight excluding hydrogens is 605 g/mol. The van der Waals surface area contributed by atoms with Crippen molar-refractivity contribution in [3.05, 3.63) is 69.9 Å². The third-order valence-corrected chi connectivity index (χ3v) is 12.6. The first-order chi connectivity index (χ1) is 24.0. The summed E-state index contributed by atoms with van der Waals surface area (Å²) in [7, 11) is 0. The number of Topliss-reactive ketones (excluding diaryl/α,β-unsaturated/α-hetero) is 1. The zero-order valence-electron chi connectivity index (χ0n) is 34.8. The molecule has 2 atom stereocenters. The van der Waals surface area contributed by atoms with Crippen molar-refractivity contribution >= 4 is 5.78 Å². The first kappa shape index (κ1) is 44.3. The molecule has 284 valence electrons. The average Bonchev–Trinajstić information content (AvgIpc) is 3.08. The lowest BCUT2D eigenvalue weighted by Gasteiger charge is -2.40. The van der Waals surface area contributed by atoms with Gasteiger partial charge in [-0.2, -0.15) is 0 Å². The normalized spacial score (nSPS) is 33.5. The van der Waals surface area contributed by atoms with E-state index in [9.17, 15) is 0 Å². The van der Waals surface area contributed by atoms with Crippen LogP contribution in [0.15, 0.2) is 69.9 Å². The van der Waals surface area contributed by atoms with Crippen LogP contribution in [-0.2, 0) is 4.79 Å². The van der Waals surface area contributed by atoms with Crippen molar-refractivity contribution in [2.75, 3.05) is 0 Å². The molecule has 2 aliphatic rings. The minimum absolute atomic E-state index is 0.435. The van der Waals surface area contributed by atoms with E-state index < -0.39 is 10.8 Å². The molecule has 0 heterocycles. The van der Waals surface area contributed by atoms with Crippen molar-refractivity contribution in [3.63, 3.8) is 0 Å². The van der Waals surface area contributed by atoms with E-state index in [1.165, 1.54) is 125 Å². The van der Waals surface area contributed by atoms with Gasteiger partial charge in [-0.25, -0.2) is 0 Å². The molecule has 0 radical (unpaired) electrons. The second-order valence-electron chi connectivity index (χ2n) is 17.2. The van der Waals surface area contributed by atoms with E-state index >= 15 is 4.79 Å². The molecule has 0 N–H and O–H groups in total. The van der Waals surface area contributed by atoms with Crippen LogP contribution in [0, 0.1) is 10.8 Å². The fraction of sp³-hybridized carbons (Fsp3) is 0.735. The molecule has 0 aliphatic heterocycles. The maximum atomic E-state index is 15.3. The van der Waals surface area contributed by atoms with Gasteiger partial charge in [0, 0.05) is 10.8 Å². The molecule has 0 spiro atoms. The highest BCUT2D eigenvalue weighted by molar-refractivity contribution is 5.94. The van der Waals surface area contributed by atoms with Crippen LogP contribution in [0.3, 0.4) is 0 Å². The summed E-state index contributed by atoms with van der Waals surface area (Å²) >= 11 is 0. The van der Waals surface area contributed by atoms with Crippen LogP contribution in [0.4, 0.5) is 0 Å². The summed E-state index contributed by atoms with van der Waals surface area (Å²) in [6, 6.07) is 0. The molecule has 1 heteroatoms. The Kier molecular flexibility index (Phi) is 22.3. The summed E-state index contributed by atoms with van der Waals surface area (Å²) in [6.45, 7) is 18.4. The van der Waals surface area contributed by atoms with Crippen LogP contribution in [0.5, 0.6) is 0 Å². The van der Waals surface area contributed by atoms with E-state index in [-0.39, 0.29) is 0 Å². The Labute approximate surface area is 312 Å². The van der Waals surface area contributed by atoms with Crippen molar-refractivity contribution in [2.45, 2.75) is 222 Å². The lowest BCUT2D eigenvalue weighted by molar-refractivity contribution is -0.134. The van der Waals surface area contributed by atoms with E-state index in [0.29, 0.717) is 5.78 Å². The molecule has 0 fully saturated rings. The smallest absolute Gasteiger partial charge is 0.152 e. The van der Waals surface area contributed by atoms with E-state index in [1.807, 2.05) is 0 Å². The van der Waals surface area contributed by atoms with Crippen molar-refractivity contribution in [3.8, 4) is 0 Å². The highest BCUT2D eigenvalue weighted by Gasteiger charge is 2.45. The van der Waals surface area contributed by atoms with Gasteiger partial charge in [0.15, 0.2) is 5.78 Å². The third kappa shape index (κ3) is 17.1. The predicted molar refractivity (Wildman–Crippen MR) is 224 cm³/mol. The first-order valence-corrected chi connectivity index (χ1v) is 21.5. The van der Waals surface area contributed by atoms with E-state index in [1.54, 1.807) is 11.1 Å². The summed E-state index contributed by atoms with van der Waals surface area (Å²) in [5.74, 6) is 0.472. The molecule has 0 aromatic carbocycles. The van der Waals surface area contributed by atoms with Gasteiger partial charge in [-0.05, 0) is 132 Å². The van der Waals surface area contributed by atoms with Crippen LogP contribution in [-0.4, -0.2) is 5.78 Å². The minimum Gasteiger partial charge on any atom is -0.298 e. The number of allylic oxidation sites excluding steroid dienone is 12. The van der Waals surface area contributed by atoms with Crippen LogP contribution >= 0.6 is 0 Å². The molecule has 0 aromatic heterocycles. The second-order valence-corrected chi connectivity index (χ2v) is 17.2. The predicted octanol–water partition coefficient (Wildman–Crippen LogP) is 16.4. The lowest BCUT2D eigenvalue weighted by atomic mass is 9.61. The van der Waals surface area contributed by atoms with Crippen LogP contribution < -0.4 is 0 Å². The van der Waals surface area contributed by atoms with Gasteiger partial charge in [-0.3, -0.25) is 4.79 Å². The number of rotatable bonds is 2. The van der Waals surface area contributed by atoms with E-state index in [2.05, 4.69) is 91.8 Å².